The van der Waals surface area contributed by atoms with Gasteiger partial charge in [0.15, 0.2) is 5.69 Å². The van der Waals surface area contributed by atoms with Crippen LogP contribution in [-0.4, -0.2) is 46.9 Å². The number of amides is 2. The van der Waals surface area contributed by atoms with Gasteiger partial charge in [0.2, 0.25) is 0 Å². The van der Waals surface area contributed by atoms with E-state index in [1.54, 1.807) is 35.7 Å². The second-order valence-electron chi connectivity index (χ2n) is 7.58. The lowest BCUT2D eigenvalue weighted by atomic mass is 10.0. The number of benzene rings is 2. The Hall–Kier alpha value is -3.81. The molecule has 2 amide bonds. The van der Waals surface area contributed by atoms with E-state index in [1.807, 2.05) is 43.3 Å². The summed E-state index contributed by atoms with van der Waals surface area (Å²) in [7, 11) is 1.58. The predicted molar refractivity (Wildman–Crippen MR) is 120 cm³/mol. The minimum absolute atomic E-state index is 0.248. The quantitative estimate of drug-likeness (QED) is 0.615. The molecule has 0 saturated carbocycles. The van der Waals surface area contributed by atoms with Gasteiger partial charge in [-0.25, -0.2) is 14.3 Å². The first-order valence-electron chi connectivity index (χ1n) is 10.5. The van der Waals surface area contributed by atoms with E-state index in [9.17, 15) is 9.59 Å². The lowest BCUT2D eigenvalue weighted by Crippen LogP contribution is -2.39. The van der Waals surface area contributed by atoms with Crippen molar-refractivity contribution in [1.29, 1.82) is 0 Å². The number of urea groups is 1. The Bertz CT molecular complexity index is 1140. The summed E-state index contributed by atoms with van der Waals surface area (Å²) in [4.78, 5) is 27.2. The van der Waals surface area contributed by atoms with Crippen LogP contribution in [0.25, 0.3) is 5.69 Å². The van der Waals surface area contributed by atoms with Crippen LogP contribution in [-0.2, 0) is 17.7 Å². The summed E-state index contributed by atoms with van der Waals surface area (Å²) in [6, 6.07) is 14.9. The van der Waals surface area contributed by atoms with Crippen LogP contribution in [0.4, 0.5) is 10.5 Å². The van der Waals surface area contributed by atoms with Crippen molar-refractivity contribution in [2.75, 3.05) is 25.6 Å². The number of aromatic nitrogens is 2. The van der Waals surface area contributed by atoms with Crippen LogP contribution < -0.4 is 10.1 Å². The standard InChI is InChI=1S/C24H26N4O4/c1-4-32-23(29)22-20-15-27(24(30)25-17-6-5-7-19(14-17)31-3)13-12-21(20)28(26-22)18-10-8-16(2)9-11-18/h5-11,14H,4,12-13,15H2,1-3H3,(H,25,30). The zero-order chi connectivity index (χ0) is 22.7. The summed E-state index contributed by atoms with van der Waals surface area (Å²) in [5.74, 6) is 0.178. The average Bonchev–Trinajstić information content (AvgIpc) is 3.19. The van der Waals surface area contributed by atoms with Gasteiger partial charge in [0.25, 0.3) is 0 Å². The highest BCUT2D eigenvalue weighted by Crippen LogP contribution is 2.27. The molecule has 1 aliphatic heterocycles. The number of nitrogens with one attached hydrogen (secondary N) is 1. The zero-order valence-electron chi connectivity index (χ0n) is 18.4. The third-order valence-electron chi connectivity index (χ3n) is 5.41. The molecule has 8 heteroatoms. The van der Waals surface area contributed by atoms with E-state index in [-0.39, 0.29) is 24.9 Å². The fourth-order valence-corrected chi connectivity index (χ4v) is 3.76. The zero-order valence-corrected chi connectivity index (χ0v) is 18.4. The minimum Gasteiger partial charge on any atom is -0.497 e. The third-order valence-corrected chi connectivity index (χ3v) is 5.41. The normalized spacial score (nSPS) is 12.8. The number of fused-ring (bicyclic) bond motifs is 1. The molecule has 0 bridgehead atoms. The first kappa shape index (κ1) is 21.4. The summed E-state index contributed by atoms with van der Waals surface area (Å²) in [5, 5.41) is 7.48. The monoisotopic (exact) mass is 434 g/mol. The van der Waals surface area contributed by atoms with Crippen molar-refractivity contribution in [1.82, 2.24) is 14.7 Å². The van der Waals surface area contributed by atoms with Gasteiger partial charge >= 0.3 is 12.0 Å². The number of hydrogen-bond acceptors (Lipinski definition) is 5. The number of methoxy groups -OCH3 is 1. The molecule has 0 unspecified atom stereocenters. The summed E-state index contributed by atoms with van der Waals surface area (Å²) < 4.78 is 12.2. The molecule has 0 atom stereocenters. The molecule has 2 heterocycles. The summed E-state index contributed by atoms with van der Waals surface area (Å²) >= 11 is 0. The molecule has 2 aromatic carbocycles. The maximum atomic E-state index is 12.9. The van der Waals surface area contributed by atoms with Crippen molar-refractivity contribution in [2.24, 2.45) is 0 Å². The molecule has 1 aromatic heterocycles. The number of rotatable bonds is 5. The van der Waals surface area contributed by atoms with Crippen LogP contribution in [0, 0.1) is 6.92 Å². The Kier molecular flexibility index (Phi) is 6.11. The first-order valence-corrected chi connectivity index (χ1v) is 10.5. The van der Waals surface area contributed by atoms with Crippen LogP contribution in [0.3, 0.4) is 0 Å². The largest absolute Gasteiger partial charge is 0.497 e. The number of hydrogen-bond donors (Lipinski definition) is 1. The Morgan fingerprint density at radius 2 is 1.94 bits per heavy atom. The fourth-order valence-electron chi connectivity index (χ4n) is 3.76. The van der Waals surface area contributed by atoms with E-state index in [4.69, 9.17) is 9.47 Å². The molecule has 1 aliphatic rings. The van der Waals surface area contributed by atoms with Crippen molar-refractivity contribution < 1.29 is 19.1 Å². The molecule has 0 saturated heterocycles. The Labute approximate surface area is 186 Å². The maximum absolute atomic E-state index is 12.9. The van der Waals surface area contributed by atoms with E-state index in [1.165, 1.54) is 0 Å². The number of carbonyl (C=O) groups excluding carboxylic acids is 2. The van der Waals surface area contributed by atoms with Gasteiger partial charge in [-0.1, -0.05) is 23.8 Å². The molecule has 32 heavy (non-hydrogen) atoms. The van der Waals surface area contributed by atoms with E-state index in [0.717, 1.165) is 22.5 Å². The van der Waals surface area contributed by atoms with Crippen LogP contribution in [0.5, 0.6) is 5.75 Å². The van der Waals surface area contributed by atoms with Crippen molar-refractivity contribution in [3.63, 3.8) is 0 Å². The Balaban J connectivity index is 1.62. The molecule has 0 radical (unpaired) electrons. The van der Waals surface area contributed by atoms with Gasteiger partial charge in [0, 0.05) is 30.3 Å². The van der Waals surface area contributed by atoms with Gasteiger partial charge < -0.3 is 19.7 Å². The third kappa shape index (κ3) is 4.30. The molecule has 3 aromatic rings. The number of anilines is 1. The minimum atomic E-state index is -0.482. The molecule has 0 spiro atoms. The second kappa shape index (κ2) is 9.13. The predicted octanol–water partition coefficient (Wildman–Crippen LogP) is 3.96. The molecule has 4 rings (SSSR count). The first-order chi connectivity index (χ1) is 15.5. The summed E-state index contributed by atoms with van der Waals surface area (Å²) in [6.45, 7) is 4.80. The molecular weight excluding hydrogens is 408 g/mol. The van der Waals surface area contributed by atoms with E-state index in [0.29, 0.717) is 24.4 Å². The summed E-state index contributed by atoms with van der Waals surface area (Å²) in [6.07, 6.45) is 0.571. The summed E-state index contributed by atoms with van der Waals surface area (Å²) in [5.41, 5.74) is 4.54. The van der Waals surface area contributed by atoms with Crippen molar-refractivity contribution >= 4 is 17.7 Å². The van der Waals surface area contributed by atoms with Gasteiger partial charge in [-0.2, -0.15) is 5.10 Å². The smallest absolute Gasteiger partial charge is 0.359 e. The maximum Gasteiger partial charge on any atom is 0.359 e. The highest BCUT2D eigenvalue weighted by atomic mass is 16.5. The van der Waals surface area contributed by atoms with E-state index in [2.05, 4.69) is 10.4 Å². The highest BCUT2D eigenvalue weighted by molar-refractivity contribution is 5.91. The number of ether oxygens (including phenoxy) is 2. The number of carbonyl (C=O) groups is 2. The fraction of sp³-hybridized carbons (Fsp3) is 0.292. The topological polar surface area (TPSA) is 85.7 Å². The second-order valence-corrected chi connectivity index (χ2v) is 7.58. The van der Waals surface area contributed by atoms with Crippen LogP contribution in [0.1, 0.15) is 34.2 Å². The van der Waals surface area contributed by atoms with Crippen molar-refractivity contribution in [2.45, 2.75) is 26.8 Å². The highest BCUT2D eigenvalue weighted by Gasteiger charge is 2.31. The van der Waals surface area contributed by atoms with Gasteiger partial charge in [0.1, 0.15) is 5.75 Å². The molecule has 0 aliphatic carbocycles. The van der Waals surface area contributed by atoms with Gasteiger partial charge in [-0.3, -0.25) is 0 Å². The van der Waals surface area contributed by atoms with Gasteiger partial charge in [0.05, 0.1) is 31.6 Å². The van der Waals surface area contributed by atoms with E-state index < -0.39 is 5.97 Å². The van der Waals surface area contributed by atoms with Crippen LogP contribution >= 0.6 is 0 Å². The molecule has 1 N–H and O–H groups in total. The number of aryl methyl sites for hydroxylation is 1. The number of esters is 1. The van der Waals surface area contributed by atoms with Gasteiger partial charge in [-0.15, -0.1) is 0 Å². The van der Waals surface area contributed by atoms with Crippen molar-refractivity contribution in [3.05, 3.63) is 71.0 Å². The Morgan fingerprint density at radius 3 is 2.66 bits per heavy atom. The Morgan fingerprint density at radius 1 is 1.16 bits per heavy atom. The van der Waals surface area contributed by atoms with Crippen LogP contribution in [0.15, 0.2) is 48.5 Å². The lowest BCUT2D eigenvalue weighted by Gasteiger charge is -2.28. The van der Waals surface area contributed by atoms with E-state index >= 15 is 0 Å². The van der Waals surface area contributed by atoms with Gasteiger partial charge in [-0.05, 0) is 38.1 Å². The average molecular weight is 434 g/mol. The lowest BCUT2D eigenvalue weighted by molar-refractivity contribution is 0.0516. The SMILES string of the molecule is CCOC(=O)c1nn(-c2ccc(C)cc2)c2c1CN(C(=O)Nc1cccc(OC)c1)CC2. The number of nitrogens with zero attached hydrogens (tertiary/aromatic N) is 3. The van der Waals surface area contributed by atoms with Crippen molar-refractivity contribution in [3.8, 4) is 11.4 Å². The molecule has 0 fully saturated rings. The molecular formula is C24H26N4O4. The van der Waals surface area contributed by atoms with Crippen LogP contribution in [0.2, 0.25) is 0 Å². The molecule has 8 nitrogen and oxygen atoms in total. The molecule has 166 valence electrons.